The molecule has 0 saturated heterocycles. The third-order valence-corrected chi connectivity index (χ3v) is 3.65. The van der Waals surface area contributed by atoms with Gasteiger partial charge in [-0.15, -0.1) is 0 Å². The fourth-order valence-corrected chi connectivity index (χ4v) is 2.24. The Morgan fingerprint density at radius 2 is 1.52 bits per heavy atom. The van der Waals surface area contributed by atoms with Gasteiger partial charge in [0.2, 0.25) is 0 Å². The smallest absolute Gasteiger partial charge is 0.331 e. The molecule has 0 saturated carbocycles. The molecule has 2 aromatic carbocycles. The Morgan fingerprint density at radius 3 is 2.11 bits per heavy atom. The highest BCUT2D eigenvalue weighted by Gasteiger charge is 2.11. The van der Waals surface area contributed by atoms with E-state index >= 15 is 0 Å². The summed E-state index contributed by atoms with van der Waals surface area (Å²) in [5.41, 5.74) is 0.826. The van der Waals surface area contributed by atoms with Gasteiger partial charge in [0.05, 0.1) is 21.3 Å². The summed E-state index contributed by atoms with van der Waals surface area (Å²) in [5, 5.41) is 0. The third kappa shape index (κ3) is 5.31. The van der Waals surface area contributed by atoms with Crippen LogP contribution < -0.4 is 14.2 Å². The molecule has 2 aromatic rings. The molecule has 0 amide bonds. The van der Waals surface area contributed by atoms with Crippen LogP contribution in [0.2, 0.25) is 0 Å². The van der Waals surface area contributed by atoms with E-state index in [-0.39, 0.29) is 5.56 Å². The number of carbonyl (C=O) groups is 2. The first kappa shape index (κ1) is 20.0. The molecule has 0 aliphatic heterocycles. The number of ether oxygens (including phenoxy) is 4. The normalized spacial score (nSPS) is 10.5. The lowest BCUT2D eigenvalue weighted by atomic mass is 10.1. The Kier molecular flexibility index (Phi) is 6.93. The Bertz CT molecular complexity index is 842. The molecular weight excluding hydrogens is 355 g/mol. The SMILES string of the molecule is COc1cc(OC)c(OC)cc1/C=C/C(=O)OCC(=O)c1ccc(F)cc1. The molecule has 0 fully saturated rings. The monoisotopic (exact) mass is 374 g/mol. The van der Waals surface area contributed by atoms with Gasteiger partial charge in [-0.3, -0.25) is 4.79 Å². The van der Waals surface area contributed by atoms with Crippen LogP contribution in [-0.4, -0.2) is 39.7 Å². The average Bonchev–Trinajstić information content (AvgIpc) is 2.70. The molecule has 0 N–H and O–H groups in total. The fraction of sp³-hybridized carbons (Fsp3) is 0.200. The molecule has 0 heterocycles. The summed E-state index contributed by atoms with van der Waals surface area (Å²) in [6.45, 7) is -0.447. The summed E-state index contributed by atoms with van der Waals surface area (Å²) in [5.74, 6) is -0.158. The van der Waals surface area contributed by atoms with Crippen molar-refractivity contribution in [2.75, 3.05) is 27.9 Å². The number of rotatable bonds is 8. The van der Waals surface area contributed by atoms with E-state index in [1.165, 1.54) is 45.6 Å². The second kappa shape index (κ2) is 9.38. The van der Waals surface area contributed by atoms with Gasteiger partial charge in [-0.2, -0.15) is 0 Å². The van der Waals surface area contributed by atoms with Crippen molar-refractivity contribution in [1.82, 2.24) is 0 Å². The first-order valence-corrected chi connectivity index (χ1v) is 7.92. The Morgan fingerprint density at radius 1 is 0.926 bits per heavy atom. The number of hydrogen-bond acceptors (Lipinski definition) is 6. The van der Waals surface area contributed by atoms with Gasteiger partial charge in [-0.25, -0.2) is 9.18 Å². The number of hydrogen-bond donors (Lipinski definition) is 0. The summed E-state index contributed by atoms with van der Waals surface area (Å²) in [7, 11) is 4.48. The van der Waals surface area contributed by atoms with Crippen LogP contribution in [-0.2, 0) is 9.53 Å². The summed E-state index contributed by atoms with van der Waals surface area (Å²) >= 11 is 0. The van der Waals surface area contributed by atoms with Crippen molar-refractivity contribution in [3.05, 3.63) is 59.4 Å². The second-order valence-electron chi connectivity index (χ2n) is 5.32. The summed E-state index contributed by atoms with van der Waals surface area (Å²) in [6.07, 6.45) is 2.65. The van der Waals surface area contributed by atoms with Crippen molar-refractivity contribution in [2.24, 2.45) is 0 Å². The van der Waals surface area contributed by atoms with Gasteiger partial charge < -0.3 is 18.9 Å². The predicted molar refractivity (Wildman–Crippen MR) is 96.8 cm³/mol. The summed E-state index contributed by atoms with van der Waals surface area (Å²) < 4.78 is 33.4. The summed E-state index contributed by atoms with van der Waals surface area (Å²) in [4.78, 5) is 23.8. The molecule has 27 heavy (non-hydrogen) atoms. The van der Waals surface area contributed by atoms with Gasteiger partial charge in [0.1, 0.15) is 11.6 Å². The van der Waals surface area contributed by atoms with Crippen molar-refractivity contribution in [1.29, 1.82) is 0 Å². The van der Waals surface area contributed by atoms with Crippen LogP contribution in [0, 0.1) is 5.82 Å². The van der Waals surface area contributed by atoms with E-state index < -0.39 is 24.2 Å². The van der Waals surface area contributed by atoms with E-state index in [9.17, 15) is 14.0 Å². The van der Waals surface area contributed by atoms with Crippen molar-refractivity contribution in [3.63, 3.8) is 0 Å². The minimum Gasteiger partial charge on any atom is -0.496 e. The first-order valence-electron chi connectivity index (χ1n) is 7.92. The highest BCUT2D eigenvalue weighted by Crippen LogP contribution is 2.35. The molecule has 2 rings (SSSR count). The molecular formula is C20H19FO6. The maximum Gasteiger partial charge on any atom is 0.331 e. The topological polar surface area (TPSA) is 71.1 Å². The Balaban J connectivity index is 2.03. The van der Waals surface area contributed by atoms with Gasteiger partial charge in [0.15, 0.2) is 23.9 Å². The maximum atomic E-state index is 12.9. The number of ketones is 1. The quantitative estimate of drug-likeness (QED) is 0.401. The summed E-state index contributed by atoms with van der Waals surface area (Å²) in [6, 6.07) is 8.26. The molecule has 0 aliphatic rings. The highest BCUT2D eigenvalue weighted by atomic mass is 19.1. The van der Waals surface area contributed by atoms with Crippen LogP contribution in [0.25, 0.3) is 6.08 Å². The van der Waals surface area contributed by atoms with Crippen molar-refractivity contribution < 1.29 is 32.9 Å². The van der Waals surface area contributed by atoms with Crippen molar-refractivity contribution >= 4 is 17.8 Å². The number of halogens is 1. The van der Waals surface area contributed by atoms with E-state index in [1.54, 1.807) is 12.1 Å². The van der Waals surface area contributed by atoms with Crippen LogP contribution >= 0.6 is 0 Å². The predicted octanol–water partition coefficient (Wildman–Crippen LogP) is 3.29. The second-order valence-corrected chi connectivity index (χ2v) is 5.32. The largest absolute Gasteiger partial charge is 0.496 e. The highest BCUT2D eigenvalue weighted by molar-refractivity contribution is 5.98. The zero-order valence-corrected chi connectivity index (χ0v) is 15.2. The zero-order chi connectivity index (χ0) is 19.8. The number of benzene rings is 2. The van der Waals surface area contributed by atoms with Crippen LogP contribution in [0.4, 0.5) is 4.39 Å². The molecule has 0 unspecified atom stereocenters. The number of methoxy groups -OCH3 is 3. The van der Waals surface area contributed by atoms with E-state index in [2.05, 4.69) is 0 Å². The molecule has 0 radical (unpaired) electrons. The van der Waals surface area contributed by atoms with Crippen LogP contribution in [0.3, 0.4) is 0 Å². The van der Waals surface area contributed by atoms with E-state index in [4.69, 9.17) is 18.9 Å². The lowest BCUT2D eigenvalue weighted by molar-refractivity contribution is -0.136. The van der Waals surface area contributed by atoms with E-state index in [1.807, 2.05) is 0 Å². The first-order chi connectivity index (χ1) is 13.0. The van der Waals surface area contributed by atoms with Gasteiger partial charge in [-0.1, -0.05) is 0 Å². The van der Waals surface area contributed by atoms with Gasteiger partial charge in [0.25, 0.3) is 0 Å². The van der Waals surface area contributed by atoms with Crippen molar-refractivity contribution in [2.45, 2.75) is 0 Å². The Hall–Kier alpha value is -3.35. The zero-order valence-electron chi connectivity index (χ0n) is 15.2. The Labute approximate surface area is 156 Å². The molecule has 0 bridgehead atoms. The van der Waals surface area contributed by atoms with Crippen LogP contribution in [0.1, 0.15) is 15.9 Å². The molecule has 6 nitrogen and oxygen atoms in total. The molecule has 0 aromatic heterocycles. The van der Waals surface area contributed by atoms with Crippen LogP contribution in [0.5, 0.6) is 17.2 Å². The minimum atomic E-state index is -0.706. The van der Waals surface area contributed by atoms with Gasteiger partial charge >= 0.3 is 5.97 Å². The number of esters is 1. The van der Waals surface area contributed by atoms with Crippen LogP contribution in [0.15, 0.2) is 42.5 Å². The van der Waals surface area contributed by atoms with E-state index in [0.717, 1.165) is 12.1 Å². The van der Waals surface area contributed by atoms with Crippen molar-refractivity contribution in [3.8, 4) is 17.2 Å². The number of Topliss-reactive ketones (excluding diaryl/α,β-unsaturated/α-hetero) is 1. The average molecular weight is 374 g/mol. The third-order valence-electron chi connectivity index (χ3n) is 3.65. The number of carbonyl (C=O) groups excluding carboxylic acids is 2. The molecule has 142 valence electrons. The molecule has 0 atom stereocenters. The molecule has 0 aliphatic carbocycles. The lowest BCUT2D eigenvalue weighted by Gasteiger charge is -2.12. The maximum absolute atomic E-state index is 12.9. The van der Waals surface area contributed by atoms with Gasteiger partial charge in [0, 0.05) is 23.3 Å². The fourth-order valence-electron chi connectivity index (χ4n) is 2.24. The molecule has 0 spiro atoms. The molecule has 7 heteroatoms. The van der Waals surface area contributed by atoms with E-state index in [0.29, 0.717) is 22.8 Å². The minimum absolute atomic E-state index is 0.259. The van der Waals surface area contributed by atoms with Gasteiger partial charge in [-0.05, 0) is 36.4 Å². The standard InChI is InChI=1S/C20H19FO6/c1-24-17-11-19(26-3)18(25-2)10-14(17)6-9-20(23)27-12-16(22)13-4-7-15(21)8-5-13/h4-11H,12H2,1-3H3/b9-6+. The lowest BCUT2D eigenvalue weighted by Crippen LogP contribution is -2.12.